The number of amides is 1. The summed E-state index contributed by atoms with van der Waals surface area (Å²) in [6.45, 7) is 4.35. The van der Waals surface area contributed by atoms with E-state index >= 15 is 0 Å². The minimum atomic E-state index is -1.02. The Labute approximate surface area is 213 Å². The molecule has 1 unspecified atom stereocenters. The molecule has 1 aromatic heterocycles. The van der Waals surface area contributed by atoms with Crippen molar-refractivity contribution in [1.29, 1.82) is 0 Å². The third kappa shape index (κ3) is 4.27. The van der Waals surface area contributed by atoms with E-state index in [-0.39, 0.29) is 22.8 Å². The van der Waals surface area contributed by atoms with Gasteiger partial charge in [-0.15, -0.1) is 0 Å². The molecular weight excluding hydrogens is 474 g/mol. The van der Waals surface area contributed by atoms with Gasteiger partial charge in [-0.2, -0.15) is 0 Å². The molecule has 3 aromatic carbocycles. The fourth-order valence-corrected chi connectivity index (χ4v) is 4.51. The lowest BCUT2D eigenvalue weighted by atomic mass is 9.94. The molecule has 0 radical (unpaired) electrons. The zero-order chi connectivity index (χ0) is 26.1. The number of rotatable bonds is 8. The standard InChI is InChI=1S/C29H25NO7/c1-3-35-20-10-7-9-19(16-20)30-26(18-12-13-21(31)23(15-18)36-4-2)25(28(33)29(30)34)27(32)24-14-17-8-5-6-11-22(17)37-24/h5-16,26,31,33H,3-4H2,1-2H3. The molecule has 8 heteroatoms. The van der Waals surface area contributed by atoms with Crippen LogP contribution in [0.15, 0.2) is 88.5 Å². The molecule has 1 aliphatic heterocycles. The van der Waals surface area contributed by atoms with Gasteiger partial charge in [-0.05, 0) is 55.8 Å². The second-order valence-electron chi connectivity index (χ2n) is 8.41. The number of Topliss-reactive ketones (excluding diaryl/α,β-unsaturated/α-hetero) is 1. The van der Waals surface area contributed by atoms with Crippen molar-refractivity contribution in [3.8, 4) is 17.2 Å². The number of para-hydroxylation sites is 1. The molecule has 5 rings (SSSR count). The number of aliphatic hydroxyl groups is 1. The van der Waals surface area contributed by atoms with E-state index in [1.165, 1.54) is 11.0 Å². The van der Waals surface area contributed by atoms with Crippen molar-refractivity contribution in [2.45, 2.75) is 19.9 Å². The first-order valence-corrected chi connectivity index (χ1v) is 11.9. The van der Waals surface area contributed by atoms with Gasteiger partial charge in [0.25, 0.3) is 5.91 Å². The number of furan rings is 1. The molecule has 8 nitrogen and oxygen atoms in total. The zero-order valence-corrected chi connectivity index (χ0v) is 20.3. The van der Waals surface area contributed by atoms with E-state index in [1.54, 1.807) is 67.6 Å². The summed E-state index contributed by atoms with van der Waals surface area (Å²) in [4.78, 5) is 28.6. The first-order valence-electron chi connectivity index (χ1n) is 11.9. The van der Waals surface area contributed by atoms with Crippen LogP contribution in [0.25, 0.3) is 11.0 Å². The fourth-order valence-electron chi connectivity index (χ4n) is 4.51. The van der Waals surface area contributed by atoms with Crippen molar-refractivity contribution in [3.05, 3.63) is 95.5 Å². The fraction of sp³-hybridized carbons (Fsp3) is 0.172. The smallest absolute Gasteiger partial charge is 0.294 e. The predicted molar refractivity (Wildman–Crippen MR) is 137 cm³/mol. The maximum absolute atomic E-state index is 13.8. The second kappa shape index (κ2) is 9.73. The van der Waals surface area contributed by atoms with Crippen LogP contribution in [0.2, 0.25) is 0 Å². The number of nitrogens with zero attached hydrogens (tertiary/aromatic N) is 1. The van der Waals surface area contributed by atoms with E-state index in [1.807, 2.05) is 13.0 Å². The normalized spacial score (nSPS) is 15.5. The molecule has 2 N–H and O–H groups in total. The lowest BCUT2D eigenvalue weighted by Gasteiger charge is -2.27. The van der Waals surface area contributed by atoms with E-state index in [9.17, 15) is 19.8 Å². The largest absolute Gasteiger partial charge is 0.504 e. The van der Waals surface area contributed by atoms with E-state index < -0.39 is 23.5 Å². The molecule has 188 valence electrons. The molecule has 0 bridgehead atoms. The summed E-state index contributed by atoms with van der Waals surface area (Å²) in [7, 11) is 0. The predicted octanol–water partition coefficient (Wildman–Crippen LogP) is 5.72. The molecule has 0 saturated heterocycles. The summed E-state index contributed by atoms with van der Waals surface area (Å²) in [5.41, 5.74) is 1.25. The Morgan fingerprint density at radius 1 is 0.946 bits per heavy atom. The highest BCUT2D eigenvalue weighted by molar-refractivity contribution is 6.20. The van der Waals surface area contributed by atoms with Gasteiger partial charge in [0, 0.05) is 17.1 Å². The minimum absolute atomic E-state index is 0.00530. The molecule has 0 fully saturated rings. The number of hydrogen-bond acceptors (Lipinski definition) is 7. The lowest BCUT2D eigenvalue weighted by molar-refractivity contribution is -0.117. The zero-order valence-electron chi connectivity index (χ0n) is 20.3. The molecule has 37 heavy (non-hydrogen) atoms. The van der Waals surface area contributed by atoms with Crippen LogP contribution < -0.4 is 14.4 Å². The topological polar surface area (TPSA) is 109 Å². The Balaban J connectivity index is 1.67. The van der Waals surface area contributed by atoms with Crippen molar-refractivity contribution < 1.29 is 33.7 Å². The van der Waals surface area contributed by atoms with Crippen LogP contribution in [0.3, 0.4) is 0 Å². The molecule has 1 amide bonds. The Morgan fingerprint density at radius 2 is 1.73 bits per heavy atom. The number of benzene rings is 3. The van der Waals surface area contributed by atoms with Crippen LogP contribution in [-0.2, 0) is 4.79 Å². The molecule has 4 aromatic rings. The molecule has 0 saturated carbocycles. The number of ether oxygens (including phenoxy) is 2. The highest BCUT2D eigenvalue weighted by Gasteiger charge is 2.45. The van der Waals surface area contributed by atoms with Gasteiger partial charge in [-0.1, -0.05) is 30.3 Å². The first-order chi connectivity index (χ1) is 17.9. The summed E-state index contributed by atoms with van der Waals surface area (Å²) in [5, 5.41) is 22.0. The summed E-state index contributed by atoms with van der Waals surface area (Å²) < 4.78 is 16.9. The molecule has 2 heterocycles. The molecule has 0 aliphatic carbocycles. The number of phenols is 1. The van der Waals surface area contributed by atoms with E-state index in [0.717, 1.165) is 5.39 Å². The van der Waals surface area contributed by atoms with E-state index in [4.69, 9.17) is 13.9 Å². The van der Waals surface area contributed by atoms with Crippen molar-refractivity contribution in [3.63, 3.8) is 0 Å². The number of hydrogen-bond donors (Lipinski definition) is 2. The van der Waals surface area contributed by atoms with Gasteiger partial charge in [0.1, 0.15) is 11.3 Å². The van der Waals surface area contributed by atoms with Crippen molar-refractivity contribution >= 4 is 28.3 Å². The van der Waals surface area contributed by atoms with Crippen molar-refractivity contribution in [2.75, 3.05) is 18.1 Å². The number of carbonyl (C=O) groups is 2. The number of anilines is 1. The Kier molecular flexibility index (Phi) is 6.31. The van der Waals surface area contributed by atoms with Crippen LogP contribution in [0.4, 0.5) is 5.69 Å². The lowest BCUT2D eigenvalue weighted by Crippen LogP contribution is -2.31. The molecule has 0 spiro atoms. The van der Waals surface area contributed by atoms with Crippen LogP contribution in [-0.4, -0.2) is 35.1 Å². The Bertz CT molecular complexity index is 1500. The number of ketones is 1. The average molecular weight is 500 g/mol. The third-order valence-corrected chi connectivity index (χ3v) is 6.11. The van der Waals surface area contributed by atoms with Gasteiger partial charge in [0.2, 0.25) is 5.78 Å². The Morgan fingerprint density at radius 3 is 2.49 bits per heavy atom. The number of fused-ring (bicyclic) bond motifs is 1. The minimum Gasteiger partial charge on any atom is -0.504 e. The van der Waals surface area contributed by atoms with Gasteiger partial charge < -0.3 is 24.1 Å². The third-order valence-electron chi connectivity index (χ3n) is 6.11. The molecule has 1 aliphatic rings. The number of carbonyl (C=O) groups excluding carboxylic acids is 2. The van der Waals surface area contributed by atoms with E-state index in [2.05, 4.69) is 0 Å². The van der Waals surface area contributed by atoms with Crippen LogP contribution in [0.5, 0.6) is 17.2 Å². The first kappa shape index (κ1) is 24.0. The Hall–Kier alpha value is -4.72. The highest BCUT2D eigenvalue weighted by atomic mass is 16.5. The van der Waals surface area contributed by atoms with Gasteiger partial charge in [0.15, 0.2) is 23.0 Å². The summed E-state index contributed by atoms with van der Waals surface area (Å²) in [6, 6.07) is 19.1. The van der Waals surface area contributed by atoms with Gasteiger partial charge in [-0.25, -0.2) is 0 Å². The quantitative estimate of drug-likeness (QED) is 0.299. The van der Waals surface area contributed by atoms with Crippen molar-refractivity contribution in [1.82, 2.24) is 0 Å². The summed E-state index contributed by atoms with van der Waals surface area (Å²) in [5.74, 6) is -1.41. The number of phenolic OH excluding ortho intramolecular Hbond substituents is 1. The average Bonchev–Trinajstić information content (AvgIpc) is 3.45. The number of aliphatic hydroxyl groups excluding tert-OH is 1. The van der Waals surface area contributed by atoms with Crippen LogP contribution >= 0.6 is 0 Å². The number of aromatic hydroxyl groups is 1. The SMILES string of the molecule is CCOc1cccc(N2C(=O)C(O)=C(C(=O)c3cc4ccccc4o3)C2c2ccc(O)c(OCC)c2)c1. The summed E-state index contributed by atoms with van der Waals surface area (Å²) >= 11 is 0. The highest BCUT2D eigenvalue weighted by Crippen LogP contribution is 2.44. The van der Waals surface area contributed by atoms with Crippen LogP contribution in [0.1, 0.15) is 36.0 Å². The van der Waals surface area contributed by atoms with E-state index in [0.29, 0.717) is 35.8 Å². The van der Waals surface area contributed by atoms with Gasteiger partial charge >= 0.3 is 0 Å². The molecule has 1 atom stereocenters. The van der Waals surface area contributed by atoms with Crippen LogP contribution in [0, 0.1) is 0 Å². The maximum Gasteiger partial charge on any atom is 0.294 e. The maximum atomic E-state index is 13.8. The summed E-state index contributed by atoms with van der Waals surface area (Å²) in [6.07, 6.45) is 0. The van der Waals surface area contributed by atoms with Gasteiger partial charge in [0.05, 0.1) is 24.8 Å². The van der Waals surface area contributed by atoms with Crippen molar-refractivity contribution in [2.24, 2.45) is 0 Å². The molecular formula is C29H25NO7. The monoisotopic (exact) mass is 499 g/mol. The second-order valence-corrected chi connectivity index (χ2v) is 8.41. The van der Waals surface area contributed by atoms with Gasteiger partial charge in [-0.3, -0.25) is 14.5 Å².